The SMILES string of the molecule is CCC/C=C\CCCCCCCC(=O)OC(COC(=O)CCCCCCCCCCCC)COP(=O)(O)OCC(N)C(=O)O. The van der Waals surface area contributed by atoms with Gasteiger partial charge in [-0.25, -0.2) is 4.57 Å². The lowest BCUT2D eigenvalue weighted by molar-refractivity contribution is -0.161. The predicted octanol–water partition coefficient (Wildman–Crippen LogP) is 7.38. The second kappa shape index (κ2) is 28.7. The number of esters is 2. The number of hydrogen-bond acceptors (Lipinski definition) is 9. The largest absolute Gasteiger partial charge is 0.480 e. The Kier molecular flexibility index (Phi) is 27.5. The van der Waals surface area contributed by atoms with Crippen molar-refractivity contribution in [2.45, 2.75) is 154 Å². The van der Waals surface area contributed by atoms with Gasteiger partial charge in [0.1, 0.15) is 12.6 Å². The summed E-state index contributed by atoms with van der Waals surface area (Å²) in [7, 11) is -4.70. The van der Waals surface area contributed by atoms with Crippen molar-refractivity contribution in [2.24, 2.45) is 5.73 Å². The summed E-state index contributed by atoms with van der Waals surface area (Å²) in [5.74, 6) is -2.39. The Bertz CT molecular complexity index is 823. The molecule has 0 bridgehead atoms. The van der Waals surface area contributed by atoms with Crippen molar-refractivity contribution >= 4 is 25.7 Å². The summed E-state index contributed by atoms with van der Waals surface area (Å²) in [6.45, 7) is 2.67. The fourth-order valence-corrected chi connectivity index (χ4v) is 5.08. The number of carbonyl (C=O) groups is 3. The first-order valence-electron chi connectivity index (χ1n) is 16.7. The zero-order chi connectivity index (χ0) is 32.9. The predicted molar refractivity (Wildman–Crippen MR) is 171 cm³/mol. The fourth-order valence-electron chi connectivity index (χ4n) is 4.30. The van der Waals surface area contributed by atoms with Crippen molar-refractivity contribution in [3.63, 3.8) is 0 Å². The van der Waals surface area contributed by atoms with E-state index in [0.717, 1.165) is 64.2 Å². The minimum absolute atomic E-state index is 0.153. The van der Waals surface area contributed by atoms with E-state index in [9.17, 15) is 23.8 Å². The summed E-state index contributed by atoms with van der Waals surface area (Å²) in [5.41, 5.74) is 5.29. The highest BCUT2D eigenvalue weighted by Crippen LogP contribution is 2.43. The Labute approximate surface area is 265 Å². The van der Waals surface area contributed by atoms with E-state index >= 15 is 0 Å². The molecule has 44 heavy (non-hydrogen) atoms. The molecule has 3 unspecified atom stereocenters. The molecule has 0 aromatic heterocycles. The Balaban J connectivity index is 4.53. The number of ether oxygens (including phenoxy) is 2. The molecule has 0 amide bonds. The van der Waals surface area contributed by atoms with Crippen LogP contribution < -0.4 is 5.73 Å². The average molecular weight is 650 g/mol. The number of phosphoric ester groups is 1. The summed E-state index contributed by atoms with van der Waals surface area (Å²) in [6.07, 6.45) is 23.0. The Morgan fingerprint density at radius 1 is 0.682 bits per heavy atom. The van der Waals surface area contributed by atoms with Gasteiger partial charge in [-0.3, -0.25) is 23.4 Å². The summed E-state index contributed by atoms with van der Waals surface area (Å²) in [4.78, 5) is 45.4. The summed E-state index contributed by atoms with van der Waals surface area (Å²) >= 11 is 0. The molecule has 0 fully saturated rings. The molecule has 3 atom stereocenters. The molecule has 0 aromatic carbocycles. The maximum Gasteiger partial charge on any atom is 0.472 e. The zero-order valence-corrected chi connectivity index (χ0v) is 28.2. The molecule has 11 nitrogen and oxygen atoms in total. The molecule has 12 heteroatoms. The summed E-state index contributed by atoms with van der Waals surface area (Å²) in [6, 6.07) is -1.52. The van der Waals surface area contributed by atoms with Gasteiger partial charge in [-0.15, -0.1) is 0 Å². The van der Waals surface area contributed by atoms with Gasteiger partial charge in [0.25, 0.3) is 0 Å². The van der Waals surface area contributed by atoms with Gasteiger partial charge in [0.05, 0.1) is 13.2 Å². The van der Waals surface area contributed by atoms with Gasteiger partial charge in [-0.1, -0.05) is 109 Å². The standard InChI is InChI=1S/C32H60NO10P/c1-3-5-7-9-11-13-15-17-19-21-23-30(34)40-25-28(26-41-44(38,39)42-27-29(33)32(36)37)43-31(35)24-22-20-18-16-14-12-10-8-6-4-2/h8,10,28-29H,3-7,9,11-27,33H2,1-2H3,(H,36,37)(H,38,39)/b10-8-. The highest BCUT2D eigenvalue weighted by molar-refractivity contribution is 7.47. The van der Waals surface area contributed by atoms with Crippen LogP contribution in [-0.4, -0.2) is 59.9 Å². The minimum atomic E-state index is -4.70. The number of rotatable bonds is 31. The Morgan fingerprint density at radius 2 is 1.18 bits per heavy atom. The minimum Gasteiger partial charge on any atom is -0.480 e. The third kappa shape index (κ3) is 27.7. The van der Waals surface area contributed by atoms with Crippen LogP contribution in [0.1, 0.15) is 142 Å². The normalized spacial score (nSPS) is 14.3. The van der Waals surface area contributed by atoms with Gasteiger partial charge in [-0.2, -0.15) is 0 Å². The first kappa shape index (κ1) is 42.2. The molecule has 0 spiro atoms. The molecule has 4 N–H and O–H groups in total. The van der Waals surface area contributed by atoms with Crippen LogP contribution in [0.2, 0.25) is 0 Å². The van der Waals surface area contributed by atoms with Crippen LogP contribution in [0.15, 0.2) is 12.2 Å². The van der Waals surface area contributed by atoms with Crippen LogP contribution in [0, 0.1) is 0 Å². The van der Waals surface area contributed by atoms with Crippen molar-refractivity contribution in [1.29, 1.82) is 0 Å². The Hall–Kier alpha value is -1.78. The number of phosphoric acid groups is 1. The van der Waals surface area contributed by atoms with E-state index in [1.54, 1.807) is 0 Å². The number of carboxylic acid groups (broad SMARTS) is 1. The summed E-state index contributed by atoms with van der Waals surface area (Å²) in [5, 5.41) is 8.81. The molecule has 0 saturated heterocycles. The number of nitrogens with two attached hydrogens (primary N) is 1. The van der Waals surface area contributed by atoms with E-state index in [0.29, 0.717) is 12.8 Å². The molecular weight excluding hydrogens is 589 g/mol. The molecule has 258 valence electrons. The van der Waals surface area contributed by atoms with Crippen LogP contribution in [0.25, 0.3) is 0 Å². The van der Waals surface area contributed by atoms with E-state index in [4.69, 9.17) is 24.8 Å². The van der Waals surface area contributed by atoms with Gasteiger partial charge in [0.15, 0.2) is 6.10 Å². The number of hydrogen-bond donors (Lipinski definition) is 3. The lowest BCUT2D eigenvalue weighted by atomic mass is 10.1. The molecule has 0 radical (unpaired) electrons. The fraction of sp³-hybridized carbons (Fsp3) is 0.844. The first-order chi connectivity index (χ1) is 21.1. The van der Waals surface area contributed by atoms with E-state index in [2.05, 4.69) is 30.5 Å². The number of allylic oxidation sites excluding steroid dienone is 2. The molecular formula is C32H60NO10P. The number of carbonyl (C=O) groups excluding carboxylic acids is 2. The molecule has 0 heterocycles. The number of aliphatic carboxylic acids is 1. The number of carboxylic acids is 1. The van der Waals surface area contributed by atoms with Crippen molar-refractivity contribution in [2.75, 3.05) is 19.8 Å². The second-order valence-corrected chi connectivity index (χ2v) is 12.8. The van der Waals surface area contributed by atoms with E-state index < -0.39 is 51.1 Å². The van der Waals surface area contributed by atoms with Crippen molar-refractivity contribution in [3.05, 3.63) is 12.2 Å². The third-order valence-electron chi connectivity index (χ3n) is 6.99. The average Bonchev–Trinajstić information content (AvgIpc) is 2.99. The topological polar surface area (TPSA) is 172 Å². The zero-order valence-electron chi connectivity index (χ0n) is 27.3. The van der Waals surface area contributed by atoms with Gasteiger partial charge in [0, 0.05) is 12.8 Å². The molecule has 0 rings (SSSR count). The smallest absolute Gasteiger partial charge is 0.472 e. The van der Waals surface area contributed by atoms with Crippen molar-refractivity contribution in [1.82, 2.24) is 0 Å². The highest BCUT2D eigenvalue weighted by atomic mass is 31.2. The number of unbranched alkanes of at least 4 members (excludes halogenated alkanes) is 15. The van der Waals surface area contributed by atoms with Crippen molar-refractivity contribution in [3.8, 4) is 0 Å². The first-order valence-corrected chi connectivity index (χ1v) is 18.2. The van der Waals surface area contributed by atoms with Gasteiger partial charge in [0.2, 0.25) is 0 Å². The second-order valence-electron chi connectivity index (χ2n) is 11.3. The molecule has 0 aliphatic rings. The quantitative estimate of drug-likeness (QED) is 0.0296. The van der Waals surface area contributed by atoms with E-state index in [1.165, 1.54) is 38.5 Å². The lowest BCUT2D eigenvalue weighted by Crippen LogP contribution is -2.34. The molecule has 0 aliphatic carbocycles. The molecule has 0 aliphatic heterocycles. The van der Waals surface area contributed by atoms with Crippen LogP contribution in [0.3, 0.4) is 0 Å². The van der Waals surface area contributed by atoms with Gasteiger partial charge >= 0.3 is 25.7 Å². The van der Waals surface area contributed by atoms with Crippen LogP contribution >= 0.6 is 7.82 Å². The van der Waals surface area contributed by atoms with E-state index in [1.807, 2.05) is 0 Å². The van der Waals surface area contributed by atoms with Crippen LogP contribution in [0.4, 0.5) is 0 Å². The van der Waals surface area contributed by atoms with Crippen LogP contribution in [0.5, 0.6) is 0 Å². The van der Waals surface area contributed by atoms with E-state index in [-0.39, 0.29) is 19.4 Å². The van der Waals surface area contributed by atoms with Crippen molar-refractivity contribution < 1.29 is 47.5 Å². The monoisotopic (exact) mass is 649 g/mol. The Morgan fingerprint density at radius 3 is 1.75 bits per heavy atom. The van der Waals surface area contributed by atoms with Crippen LogP contribution in [-0.2, 0) is 37.5 Å². The van der Waals surface area contributed by atoms with Gasteiger partial charge < -0.3 is 25.2 Å². The summed E-state index contributed by atoms with van der Waals surface area (Å²) < 4.78 is 32.3. The molecule has 0 aromatic rings. The maximum absolute atomic E-state index is 12.4. The third-order valence-corrected chi connectivity index (χ3v) is 7.95. The maximum atomic E-state index is 12.4. The highest BCUT2D eigenvalue weighted by Gasteiger charge is 2.28. The lowest BCUT2D eigenvalue weighted by Gasteiger charge is -2.20. The van der Waals surface area contributed by atoms with Gasteiger partial charge in [-0.05, 0) is 32.1 Å². The molecule has 0 saturated carbocycles.